The fraction of sp³-hybridized carbons (Fsp3) is 0.182. The Balaban J connectivity index is 2.53. The molecule has 1 heterocycles. The molecule has 0 unspecified atom stereocenters. The van der Waals surface area contributed by atoms with Crippen LogP contribution in [0.3, 0.4) is 0 Å². The minimum absolute atomic E-state index is 0.499. The van der Waals surface area contributed by atoms with Crippen molar-refractivity contribution in [1.82, 2.24) is 15.0 Å². The Kier molecular flexibility index (Phi) is 2.33. The highest BCUT2D eigenvalue weighted by atomic mass is 16.1. The first-order valence-corrected chi connectivity index (χ1v) is 4.64. The summed E-state index contributed by atoms with van der Waals surface area (Å²) in [6.07, 6.45) is 0.773. The number of carbonyl (C=O) groups excluding carboxylic acids is 1. The quantitative estimate of drug-likeness (QED) is 0.693. The average Bonchev–Trinajstić information content (AvgIpc) is 2.61. The van der Waals surface area contributed by atoms with Crippen LogP contribution in [0.25, 0.3) is 11.3 Å². The number of hydrogen-bond acceptors (Lipinski definition) is 3. The molecule has 0 saturated carbocycles. The second-order valence-corrected chi connectivity index (χ2v) is 3.43. The van der Waals surface area contributed by atoms with Gasteiger partial charge in [0.15, 0.2) is 6.29 Å². The maximum Gasteiger partial charge on any atom is 0.170 e. The number of aryl methyl sites for hydroxylation is 2. The lowest BCUT2D eigenvalue weighted by Gasteiger charge is -1.98. The molecule has 0 atom stereocenters. The molecule has 76 valence electrons. The summed E-state index contributed by atoms with van der Waals surface area (Å²) < 4.78 is 1.47. The van der Waals surface area contributed by atoms with Gasteiger partial charge >= 0.3 is 0 Å². The summed E-state index contributed by atoms with van der Waals surface area (Å²) in [4.78, 5) is 10.8. The van der Waals surface area contributed by atoms with E-state index in [1.807, 2.05) is 31.2 Å². The third kappa shape index (κ3) is 1.66. The van der Waals surface area contributed by atoms with Crippen LogP contribution < -0.4 is 0 Å². The lowest BCUT2D eigenvalue weighted by molar-refractivity contribution is 0.111. The van der Waals surface area contributed by atoms with Gasteiger partial charge in [-0.05, 0) is 6.92 Å². The number of rotatable bonds is 2. The maximum absolute atomic E-state index is 10.8. The minimum atomic E-state index is 0.499. The van der Waals surface area contributed by atoms with Crippen LogP contribution in [0.2, 0.25) is 0 Å². The second-order valence-electron chi connectivity index (χ2n) is 3.43. The molecule has 0 radical (unpaired) electrons. The Morgan fingerprint density at radius 3 is 2.53 bits per heavy atom. The summed E-state index contributed by atoms with van der Waals surface area (Å²) in [5, 5.41) is 7.79. The number of aromatic nitrogens is 3. The fourth-order valence-corrected chi connectivity index (χ4v) is 1.41. The topological polar surface area (TPSA) is 47.8 Å². The van der Waals surface area contributed by atoms with Gasteiger partial charge in [0, 0.05) is 12.6 Å². The van der Waals surface area contributed by atoms with Crippen molar-refractivity contribution in [3.8, 4) is 11.3 Å². The summed E-state index contributed by atoms with van der Waals surface area (Å²) in [5.74, 6) is 0. The molecule has 0 spiro atoms. The molecule has 2 aromatic rings. The molecule has 0 aliphatic heterocycles. The summed E-state index contributed by atoms with van der Waals surface area (Å²) >= 11 is 0. The van der Waals surface area contributed by atoms with Gasteiger partial charge in [0.25, 0.3) is 0 Å². The monoisotopic (exact) mass is 201 g/mol. The molecule has 4 heteroatoms. The van der Waals surface area contributed by atoms with Crippen molar-refractivity contribution in [2.24, 2.45) is 7.05 Å². The molecule has 0 aliphatic rings. The van der Waals surface area contributed by atoms with Crippen molar-refractivity contribution in [3.63, 3.8) is 0 Å². The molecule has 1 aromatic heterocycles. The van der Waals surface area contributed by atoms with Crippen molar-refractivity contribution in [3.05, 3.63) is 35.5 Å². The zero-order valence-corrected chi connectivity index (χ0v) is 8.64. The summed E-state index contributed by atoms with van der Waals surface area (Å²) in [5.41, 5.74) is 3.22. The first kappa shape index (κ1) is 9.58. The Morgan fingerprint density at radius 2 is 1.93 bits per heavy atom. The SMILES string of the molecule is Cc1ccc(-c2nnn(C)c2C=O)cc1. The number of carbonyl (C=O) groups is 1. The van der Waals surface area contributed by atoms with Gasteiger partial charge in [0.1, 0.15) is 11.4 Å². The van der Waals surface area contributed by atoms with Crippen LogP contribution >= 0.6 is 0 Å². The number of nitrogens with zero attached hydrogens (tertiary/aromatic N) is 3. The standard InChI is InChI=1S/C11H11N3O/c1-8-3-5-9(6-4-8)11-10(7-15)14(2)13-12-11/h3-7H,1-2H3. The molecule has 0 saturated heterocycles. The molecule has 15 heavy (non-hydrogen) atoms. The Labute approximate surface area is 87.5 Å². The summed E-state index contributed by atoms with van der Waals surface area (Å²) in [7, 11) is 1.70. The largest absolute Gasteiger partial charge is 0.296 e. The van der Waals surface area contributed by atoms with Crippen molar-refractivity contribution >= 4 is 6.29 Å². The molecular formula is C11H11N3O. The normalized spacial score (nSPS) is 10.3. The van der Waals surface area contributed by atoms with E-state index in [-0.39, 0.29) is 0 Å². The Bertz CT molecular complexity index is 485. The van der Waals surface area contributed by atoms with E-state index in [0.717, 1.165) is 11.8 Å². The van der Waals surface area contributed by atoms with E-state index in [1.54, 1.807) is 7.05 Å². The van der Waals surface area contributed by atoms with Gasteiger partial charge in [-0.25, -0.2) is 4.68 Å². The zero-order valence-electron chi connectivity index (χ0n) is 8.64. The highest BCUT2D eigenvalue weighted by Gasteiger charge is 2.10. The van der Waals surface area contributed by atoms with E-state index in [9.17, 15) is 4.79 Å². The van der Waals surface area contributed by atoms with Gasteiger partial charge in [-0.3, -0.25) is 4.79 Å². The van der Waals surface area contributed by atoms with E-state index in [2.05, 4.69) is 10.3 Å². The first-order valence-electron chi connectivity index (χ1n) is 4.64. The van der Waals surface area contributed by atoms with Crippen molar-refractivity contribution in [1.29, 1.82) is 0 Å². The molecule has 0 fully saturated rings. The predicted molar refractivity (Wildman–Crippen MR) is 56.6 cm³/mol. The van der Waals surface area contributed by atoms with Gasteiger partial charge in [-0.2, -0.15) is 0 Å². The van der Waals surface area contributed by atoms with Crippen LogP contribution in [0, 0.1) is 6.92 Å². The maximum atomic E-state index is 10.8. The molecule has 0 aliphatic carbocycles. The predicted octanol–water partition coefficient (Wildman–Crippen LogP) is 1.60. The first-order chi connectivity index (χ1) is 7.22. The lowest BCUT2D eigenvalue weighted by atomic mass is 10.1. The van der Waals surface area contributed by atoms with Crippen molar-refractivity contribution < 1.29 is 4.79 Å². The van der Waals surface area contributed by atoms with Gasteiger partial charge in [-0.15, -0.1) is 5.10 Å². The highest BCUT2D eigenvalue weighted by Crippen LogP contribution is 2.19. The van der Waals surface area contributed by atoms with Crippen LogP contribution in [0.15, 0.2) is 24.3 Å². The summed E-state index contributed by atoms with van der Waals surface area (Å²) in [6, 6.07) is 7.84. The number of hydrogen-bond donors (Lipinski definition) is 0. The van der Waals surface area contributed by atoms with E-state index in [1.165, 1.54) is 10.2 Å². The van der Waals surface area contributed by atoms with Crippen LogP contribution in [0.5, 0.6) is 0 Å². The molecular weight excluding hydrogens is 190 g/mol. The van der Waals surface area contributed by atoms with Gasteiger partial charge in [0.2, 0.25) is 0 Å². The second kappa shape index (κ2) is 3.65. The minimum Gasteiger partial charge on any atom is -0.296 e. The molecule has 4 nitrogen and oxygen atoms in total. The average molecular weight is 201 g/mol. The number of benzene rings is 1. The summed E-state index contributed by atoms with van der Waals surface area (Å²) in [6.45, 7) is 2.01. The fourth-order valence-electron chi connectivity index (χ4n) is 1.41. The van der Waals surface area contributed by atoms with Crippen LogP contribution in [-0.4, -0.2) is 21.3 Å². The van der Waals surface area contributed by atoms with Gasteiger partial charge in [-0.1, -0.05) is 35.0 Å². The Morgan fingerprint density at radius 1 is 1.27 bits per heavy atom. The van der Waals surface area contributed by atoms with Crippen molar-refractivity contribution in [2.45, 2.75) is 6.92 Å². The highest BCUT2D eigenvalue weighted by molar-refractivity contribution is 5.83. The van der Waals surface area contributed by atoms with E-state index >= 15 is 0 Å². The van der Waals surface area contributed by atoms with Crippen LogP contribution in [0.1, 0.15) is 16.1 Å². The molecule has 0 bridgehead atoms. The molecule has 1 aromatic carbocycles. The third-order valence-corrected chi connectivity index (χ3v) is 2.31. The van der Waals surface area contributed by atoms with Crippen molar-refractivity contribution in [2.75, 3.05) is 0 Å². The molecule has 0 N–H and O–H groups in total. The molecule has 2 rings (SSSR count). The third-order valence-electron chi connectivity index (χ3n) is 2.31. The van der Waals surface area contributed by atoms with E-state index < -0.39 is 0 Å². The smallest absolute Gasteiger partial charge is 0.170 e. The zero-order chi connectivity index (χ0) is 10.8. The Hall–Kier alpha value is -1.97. The van der Waals surface area contributed by atoms with Crippen LogP contribution in [-0.2, 0) is 7.05 Å². The lowest BCUT2D eigenvalue weighted by Crippen LogP contribution is -1.96. The molecule has 0 amide bonds. The van der Waals surface area contributed by atoms with Gasteiger partial charge < -0.3 is 0 Å². The van der Waals surface area contributed by atoms with E-state index in [4.69, 9.17) is 0 Å². The van der Waals surface area contributed by atoms with Crippen LogP contribution in [0.4, 0.5) is 0 Å². The van der Waals surface area contributed by atoms with E-state index in [0.29, 0.717) is 11.4 Å². The van der Waals surface area contributed by atoms with Gasteiger partial charge in [0.05, 0.1) is 0 Å². The number of aldehydes is 1.